The van der Waals surface area contributed by atoms with Crippen LogP contribution in [-0.4, -0.2) is 46.1 Å². The average Bonchev–Trinajstić information content (AvgIpc) is 3.12. The number of benzene rings is 1. The van der Waals surface area contributed by atoms with Crippen molar-refractivity contribution in [3.63, 3.8) is 0 Å². The number of carboxylic acids is 1. The summed E-state index contributed by atoms with van der Waals surface area (Å²) in [6, 6.07) is 10.5. The molecule has 1 unspecified atom stereocenters. The monoisotopic (exact) mass is 358 g/mol. The third-order valence-corrected chi connectivity index (χ3v) is 5.38. The second-order valence-electron chi connectivity index (χ2n) is 5.77. The molecule has 1 atom stereocenters. The molecule has 7 heteroatoms. The van der Waals surface area contributed by atoms with Gasteiger partial charge in [-0.1, -0.05) is 6.07 Å². The fraction of sp³-hybridized carbons (Fsp3) is 0.278. The summed E-state index contributed by atoms with van der Waals surface area (Å²) in [6.45, 7) is 0. The van der Waals surface area contributed by atoms with Gasteiger partial charge in [0.05, 0.1) is 12.8 Å². The van der Waals surface area contributed by atoms with Crippen molar-refractivity contribution < 1.29 is 19.4 Å². The van der Waals surface area contributed by atoms with Gasteiger partial charge in [-0.15, -0.1) is 0 Å². The molecule has 130 valence electrons. The second-order valence-corrected chi connectivity index (χ2v) is 6.88. The van der Waals surface area contributed by atoms with Crippen LogP contribution in [0, 0.1) is 0 Å². The summed E-state index contributed by atoms with van der Waals surface area (Å²) in [5, 5.41) is 12.2. The second kappa shape index (κ2) is 7.14. The van der Waals surface area contributed by atoms with Crippen molar-refractivity contribution in [2.75, 3.05) is 18.6 Å². The number of pyridine rings is 1. The lowest BCUT2D eigenvalue weighted by Gasteiger charge is -2.24. The number of thioether (sulfide) groups is 1. The summed E-state index contributed by atoms with van der Waals surface area (Å²) in [6.07, 6.45) is 2.08. The summed E-state index contributed by atoms with van der Waals surface area (Å²) in [4.78, 5) is 28.6. The number of amides is 1. The van der Waals surface area contributed by atoms with Crippen LogP contribution in [0.1, 0.15) is 16.8 Å². The van der Waals surface area contributed by atoms with E-state index in [-0.39, 0.29) is 0 Å². The van der Waals surface area contributed by atoms with Crippen LogP contribution in [0.3, 0.4) is 0 Å². The lowest BCUT2D eigenvalue weighted by atomic mass is 9.98. The fourth-order valence-electron chi connectivity index (χ4n) is 2.75. The van der Waals surface area contributed by atoms with Crippen molar-refractivity contribution in [3.8, 4) is 17.0 Å². The fourth-order valence-corrected chi connectivity index (χ4v) is 4.07. The molecule has 0 bridgehead atoms. The van der Waals surface area contributed by atoms with E-state index in [4.69, 9.17) is 4.74 Å². The molecular formula is C18H18N2O4S. The Balaban J connectivity index is 1.92. The normalized spacial score (nSPS) is 19.4. The Hall–Kier alpha value is -2.54. The molecule has 1 fully saturated rings. The van der Waals surface area contributed by atoms with E-state index in [0.29, 0.717) is 40.5 Å². The standard InChI is InChI=1S/C18H18N2O4S/c1-24-15-6-5-12(10-13(15)14-4-2-3-8-19-14)16(21)20-18(17(22)23)7-9-25-11-18/h2-6,8,10H,7,9,11H2,1H3,(H,20,21)(H,22,23). The first kappa shape index (κ1) is 17.3. The molecule has 1 aliphatic rings. The molecule has 1 aromatic carbocycles. The molecule has 2 heterocycles. The van der Waals surface area contributed by atoms with Crippen LogP contribution in [0.2, 0.25) is 0 Å². The lowest BCUT2D eigenvalue weighted by Crippen LogP contribution is -2.54. The number of nitrogens with one attached hydrogen (secondary N) is 1. The summed E-state index contributed by atoms with van der Waals surface area (Å²) in [5.41, 5.74) is 0.533. The van der Waals surface area contributed by atoms with E-state index in [1.54, 1.807) is 37.6 Å². The van der Waals surface area contributed by atoms with Gasteiger partial charge in [-0.25, -0.2) is 4.79 Å². The number of carbonyl (C=O) groups excluding carboxylic acids is 1. The first-order chi connectivity index (χ1) is 12.1. The van der Waals surface area contributed by atoms with Gasteiger partial charge in [0.1, 0.15) is 11.3 Å². The number of aliphatic carboxylic acids is 1. The van der Waals surface area contributed by atoms with Gasteiger partial charge in [0, 0.05) is 23.1 Å². The van der Waals surface area contributed by atoms with Gasteiger partial charge in [0.25, 0.3) is 5.91 Å². The van der Waals surface area contributed by atoms with E-state index < -0.39 is 17.4 Å². The number of aromatic nitrogens is 1. The molecule has 2 aromatic rings. The maximum absolute atomic E-state index is 12.6. The molecular weight excluding hydrogens is 340 g/mol. The van der Waals surface area contributed by atoms with Gasteiger partial charge in [-0.05, 0) is 42.5 Å². The average molecular weight is 358 g/mol. The van der Waals surface area contributed by atoms with E-state index in [9.17, 15) is 14.7 Å². The Morgan fingerprint density at radius 3 is 2.76 bits per heavy atom. The summed E-state index contributed by atoms with van der Waals surface area (Å²) >= 11 is 1.53. The number of hydrogen-bond acceptors (Lipinski definition) is 5. The van der Waals surface area contributed by atoms with Crippen molar-refractivity contribution in [3.05, 3.63) is 48.2 Å². The number of carboxylic acid groups (broad SMARTS) is 1. The van der Waals surface area contributed by atoms with E-state index >= 15 is 0 Å². The van der Waals surface area contributed by atoms with Crippen LogP contribution in [0.15, 0.2) is 42.6 Å². The minimum Gasteiger partial charge on any atom is -0.496 e. The van der Waals surface area contributed by atoms with Gasteiger partial charge >= 0.3 is 5.97 Å². The minimum atomic E-state index is -1.20. The van der Waals surface area contributed by atoms with Crippen LogP contribution >= 0.6 is 11.8 Å². The SMILES string of the molecule is COc1ccc(C(=O)NC2(C(=O)O)CCSC2)cc1-c1ccccn1. The molecule has 0 radical (unpaired) electrons. The molecule has 2 N–H and O–H groups in total. The van der Waals surface area contributed by atoms with Crippen molar-refractivity contribution in [2.24, 2.45) is 0 Å². The highest BCUT2D eigenvalue weighted by molar-refractivity contribution is 7.99. The first-order valence-corrected chi connectivity index (χ1v) is 8.94. The number of carbonyl (C=O) groups is 2. The Bertz CT molecular complexity index is 789. The molecule has 25 heavy (non-hydrogen) atoms. The van der Waals surface area contributed by atoms with Gasteiger partial charge in [0.15, 0.2) is 0 Å². The highest BCUT2D eigenvalue weighted by Crippen LogP contribution is 2.31. The number of nitrogens with zero attached hydrogens (tertiary/aromatic N) is 1. The maximum Gasteiger partial charge on any atom is 0.330 e. The van der Waals surface area contributed by atoms with Gasteiger partial charge in [-0.2, -0.15) is 11.8 Å². The van der Waals surface area contributed by atoms with Crippen LogP contribution in [0.5, 0.6) is 5.75 Å². The Labute approximate surface area is 149 Å². The van der Waals surface area contributed by atoms with Crippen molar-refractivity contribution in [1.29, 1.82) is 0 Å². The van der Waals surface area contributed by atoms with Gasteiger partial charge < -0.3 is 15.2 Å². The Morgan fingerprint density at radius 2 is 2.16 bits per heavy atom. The predicted molar refractivity (Wildman–Crippen MR) is 96.0 cm³/mol. The Morgan fingerprint density at radius 1 is 1.32 bits per heavy atom. The van der Waals surface area contributed by atoms with Gasteiger partial charge in [0.2, 0.25) is 0 Å². The van der Waals surface area contributed by atoms with E-state index in [1.807, 2.05) is 12.1 Å². The molecule has 1 aliphatic heterocycles. The number of methoxy groups -OCH3 is 1. The van der Waals surface area contributed by atoms with Crippen LogP contribution in [0.4, 0.5) is 0 Å². The number of ether oxygens (including phenoxy) is 1. The zero-order valence-electron chi connectivity index (χ0n) is 13.7. The molecule has 0 saturated carbocycles. The quantitative estimate of drug-likeness (QED) is 0.853. The molecule has 0 aliphatic carbocycles. The third kappa shape index (κ3) is 3.46. The molecule has 0 spiro atoms. The Kier molecular flexibility index (Phi) is 4.94. The van der Waals surface area contributed by atoms with Crippen LogP contribution in [-0.2, 0) is 4.79 Å². The highest BCUT2D eigenvalue weighted by atomic mass is 32.2. The maximum atomic E-state index is 12.6. The predicted octanol–water partition coefficient (Wildman–Crippen LogP) is 2.45. The molecule has 1 aromatic heterocycles. The van der Waals surface area contributed by atoms with Crippen molar-refractivity contribution in [2.45, 2.75) is 12.0 Å². The van der Waals surface area contributed by atoms with E-state index in [0.717, 1.165) is 0 Å². The van der Waals surface area contributed by atoms with Crippen LogP contribution in [0.25, 0.3) is 11.3 Å². The van der Waals surface area contributed by atoms with E-state index in [1.165, 1.54) is 11.8 Å². The summed E-state index contributed by atoms with van der Waals surface area (Å²) in [5.74, 6) is 0.278. The zero-order valence-corrected chi connectivity index (χ0v) is 14.5. The first-order valence-electron chi connectivity index (χ1n) is 7.79. The van der Waals surface area contributed by atoms with Gasteiger partial charge in [-0.3, -0.25) is 9.78 Å². The largest absolute Gasteiger partial charge is 0.496 e. The van der Waals surface area contributed by atoms with E-state index in [2.05, 4.69) is 10.3 Å². The zero-order chi connectivity index (χ0) is 17.9. The third-order valence-electron chi connectivity index (χ3n) is 4.19. The number of rotatable bonds is 5. The minimum absolute atomic E-state index is 0.372. The number of hydrogen-bond donors (Lipinski definition) is 2. The summed E-state index contributed by atoms with van der Waals surface area (Å²) in [7, 11) is 1.55. The highest BCUT2D eigenvalue weighted by Gasteiger charge is 2.43. The molecule has 3 rings (SSSR count). The topological polar surface area (TPSA) is 88.5 Å². The molecule has 1 amide bonds. The van der Waals surface area contributed by atoms with Crippen LogP contribution < -0.4 is 10.1 Å². The summed E-state index contributed by atoms with van der Waals surface area (Å²) < 4.78 is 5.36. The van der Waals surface area contributed by atoms with Crippen molar-refractivity contribution in [1.82, 2.24) is 10.3 Å². The lowest BCUT2D eigenvalue weighted by molar-refractivity contribution is -0.143. The molecule has 1 saturated heterocycles. The van der Waals surface area contributed by atoms with Crippen molar-refractivity contribution >= 4 is 23.6 Å². The smallest absolute Gasteiger partial charge is 0.330 e. The molecule has 6 nitrogen and oxygen atoms in total.